The van der Waals surface area contributed by atoms with E-state index >= 15 is 0 Å². The molecule has 3 N–H and O–H groups in total. The van der Waals surface area contributed by atoms with Crippen molar-refractivity contribution in [3.05, 3.63) is 23.2 Å². The molecule has 1 aliphatic rings. The first-order valence-electron chi connectivity index (χ1n) is 8.03. The third kappa shape index (κ3) is 5.52. The quantitative estimate of drug-likeness (QED) is 0.772. The Bertz CT molecular complexity index is 571. The highest BCUT2D eigenvalue weighted by Gasteiger charge is 2.22. The van der Waals surface area contributed by atoms with Gasteiger partial charge in [0.15, 0.2) is 0 Å². The predicted molar refractivity (Wildman–Crippen MR) is 93.8 cm³/mol. The zero-order chi connectivity index (χ0) is 16.8. The Morgan fingerprint density at radius 1 is 1.35 bits per heavy atom. The van der Waals surface area contributed by atoms with Crippen molar-refractivity contribution in [1.82, 2.24) is 5.32 Å². The molecule has 23 heavy (non-hydrogen) atoms. The minimum atomic E-state index is -0.204. The number of benzene rings is 1. The summed E-state index contributed by atoms with van der Waals surface area (Å²) in [4.78, 5) is 23.6. The van der Waals surface area contributed by atoms with Crippen LogP contribution in [-0.4, -0.2) is 24.9 Å². The molecule has 1 aromatic carbocycles. The maximum atomic E-state index is 12.3. The van der Waals surface area contributed by atoms with Crippen molar-refractivity contribution >= 4 is 34.8 Å². The molecule has 2 unspecified atom stereocenters. The Morgan fingerprint density at radius 2 is 2.13 bits per heavy atom. The van der Waals surface area contributed by atoms with Crippen molar-refractivity contribution in [2.45, 2.75) is 33.1 Å². The number of anilines is 2. The second-order valence-electron chi connectivity index (χ2n) is 6.21. The van der Waals surface area contributed by atoms with E-state index in [0.29, 0.717) is 34.7 Å². The fraction of sp³-hybridized carbons (Fsp3) is 0.529. The summed E-state index contributed by atoms with van der Waals surface area (Å²) >= 11 is 5.95. The fourth-order valence-electron chi connectivity index (χ4n) is 2.94. The average Bonchev–Trinajstić information content (AvgIpc) is 2.50. The lowest BCUT2D eigenvalue weighted by Crippen LogP contribution is -2.34. The summed E-state index contributed by atoms with van der Waals surface area (Å²) in [6, 6.07) is 5.03. The van der Waals surface area contributed by atoms with E-state index in [-0.39, 0.29) is 11.8 Å². The van der Waals surface area contributed by atoms with Gasteiger partial charge >= 0.3 is 0 Å². The normalized spacial score (nSPS) is 19.0. The first-order chi connectivity index (χ1) is 11.0. The van der Waals surface area contributed by atoms with Crippen molar-refractivity contribution in [2.75, 3.05) is 23.7 Å². The molecule has 0 aliphatic carbocycles. The van der Waals surface area contributed by atoms with Crippen LogP contribution in [0.4, 0.5) is 11.4 Å². The van der Waals surface area contributed by atoms with Gasteiger partial charge in [0.2, 0.25) is 11.8 Å². The highest BCUT2D eigenvalue weighted by molar-refractivity contribution is 6.31. The molecule has 126 valence electrons. The summed E-state index contributed by atoms with van der Waals surface area (Å²) < 4.78 is 0. The molecule has 0 spiro atoms. The van der Waals surface area contributed by atoms with Gasteiger partial charge in [-0.1, -0.05) is 18.5 Å². The third-order valence-corrected chi connectivity index (χ3v) is 4.45. The van der Waals surface area contributed by atoms with Crippen molar-refractivity contribution < 1.29 is 9.59 Å². The lowest BCUT2D eigenvalue weighted by Gasteiger charge is -2.28. The molecule has 1 heterocycles. The fourth-order valence-corrected chi connectivity index (χ4v) is 3.12. The minimum absolute atomic E-state index is 0.0444. The summed E-state index contributed by atoms with van der Waals surface area (Å²) in [5, 5.41) is 9.46. The maximum Gasteiger partial charge on any atom is 0.224 e. The SMILES string of the molecule is CC(=O)Nc1cc(Cl)ccc1NC(=O)CC(C)C1CCCNC1. The number of nitrogens with one attached hydrogen (secondary N) is 3. The maximum absolute atomic E-state index is 12.3. The molecular formula is C17H24ClN3O2. The van der Waals surface area contributed by atoms with Crippen LogP contribution in [0, 0.1) is 11.8 Å². The first kappa shape index (κ1) is 17.8. The van der Waals surface area contributed by atoms with Crippen LogP contribution in [0.1, 0.15) is 33.1 Å². The zero-order valence-corrected chi connectivity index (χ0v) is 14.4. The van der Waals surface area contributed by atoms with Crippen molar-refractivity contribution in [2.24, 2.45) is 11.8 Å². The van der Waals surface area contributed by atoms with Gasteiger partial charge < -0.3 is 16.0 Å². The molecule has 0 bridgehead atoms. The van der Waals surface area contributed by atoms with Crippen molar-refractivity contribution in [1.29, 1.82) is 0 Å². The molecule has 1 aliphatic heterocycles. The Kier molecular flexibility index (Phi) is 6.42. The summed E-state index contributed by atoms with van der Waals surface area (Å²) in [5.74, 6) is 0.607. The van der Waals surface area contributed by atoms with Gasteiger partial charge in [-0.3, -0.25) is 9.59 Å². The van der Waals surface area contributed by atoms with Gasteiger partial charge in [-0.15, -0.1) is 0 Å². The van der Waals surface area contributed by atoms with E-state index in [9.17, 15) is 9.59 Å². The van der Waals surface area contributed by atoms with Gasteiger partial charge in [-0.05, 0) is 56.0 Å². The van der Waals surface area contributed by atoms with E-state index in [1.54, 1.807) is 18.2 Å². The van der Waals surface area contributed by atoms with Crippen LogP contribution in [0.5, 0.6) is 0 Å². The van der Waals surface area contributed by atoms with Crippen molar-refractivity contribution in [3.63, 3.8) is 0 Å². The van der Waals surface area contributed by atoms with Gasteiger partial charge in [0.05, 0.1) is 11.4 Å². The first-order valence-corrected chi connectivity index (χ1v) is 8.41. The number of hydrogen-bond donors (Lipinski definition) is 3. The van der Waals surface area contributed by atoms with Crippen LogP contribution in [0.25, 0.3) is 0 Å². The largest absolute Gasteiger partial charge is 0.324 e. The summed E-state index contributed by atoms with van der Waals surface area (Å²) in [7, 11) is 0. The monoisotopic (exact) mass is 337 g/mol. The standard InChI is InChI=1S/C17H24ClN3O2/c1-11(13-4-3-7-19-10-13)8-17(23)21-15-6-5-14(18)9-16(15)20-12(2)22/h5-6,9,11,13,19H,3-4,7-8,10H2,1-2H3,(H,20,22)(H,21,23). The summed E-state index contributed by atoms with van der Waals surface area (Å²) in [6.45, 7) is 5.59. The molecule has 2 rings (SSSR count). The molecule has 6 heteroatoms. The molecule has 1 aromatic rings. The number of hydrogen-bond acceptors (Lipinski definition) is 3. The summed E-state index contributed by atoms with van der Waals surface area (Å²) in [6.07, 6.45) is 2.80. The van der Waals surface area contributed by atoms with Crippen LogP contribution in [0.2, 0.25) is 5.02 Å². The van der Waals surface area contributed by atoms with Crippen LogP contribution >= 0.6 is 11.6 Å². The van der Waals surface area contributed by atoms with Gasteiger partial charge in [0, 0.05) is 18.4 Å². The van der Waals surface area contributed by atoms with Gasteiger partial charge in [-0.25, -0.2) is 0 Å². The lowest BCUT2D eigenvalue weighted by molar-refractivity contribution is -0.117. The number of carbonyl (C=O) groups excluding carboxylic acids is 2. The lowest BCUT2D eigenvalue weighted by atomic mass is 9.85. The van der Waals surface area contributed by atoms with Crippen molar-refractivity contribution in [3.8, 4) is 0 Å². The van der Waals surface area contributed by atoms with Crippen LogP contribution in [0.3, 0.4) is 0 Å². The van der Waals surface area contributed by atoms with E-state index in [2.05, 4.69) is 22.9 Å². The molecule has 2 atom stereocenters. The molecular weight excluding hydrogens is 314 g/mol. The minimum Gasteiger partial charge on any atom is -0.324 e. The highest BCUT2D eigenvalue weighted by atomic mass is 35.5. The second kappa shape index (κ2) is 8.31. The van der Waals surface area contributed by atoms with E-state index in [1.807, 2.05) is 0 Å². The Hall–Kier alpha value is -1.59. The Morgan fingerprint density at radius 3 is 2.78 bits per heavy atom. The molecule has 1 saturated heterocycles. The average molecular weight is 338 g/mol. The smallest absolute Gasteiger partial charge is 0.224 e. The third-order valence-electron chi connectivity index (χ3n) is 4.21. The highest BCUT2D eigenvalue weighted by Crippen LogP contribution is 2.27. The second-order valence-corrected chi connectivity index (χ2v) is 6.64. The van der Waals surface area contributed by atoms with E-state index in [0.717, 1.165) is 13.1 Å². The van der Waals surface area contributed by atoms with Gasteiger partial charge in [0.25, 0.3) is 0 Å². The summed E-state index contributed by atoms with van der Waals surface area (Å²) in [5.41, 5.74) is 1.09. The predicted octanol–water partition coefficient (Wildman–Crippen LogP) is 3.26. The van der Waals surface area contributed by atoms with E-state index in [1.165, 1.54) is 19.8 Å². The number of carbonyl (C=O) groups is 2. The molecule has 0 saturated carbocycles. The molecule has 0 aromatic heterocycles. The van der Waals surface area contributed by atoms with Gasteiger partial charge in [0.1, 0.15) is 0 Å². The number of piperidine rings is 1. The molecule has 0 radical (unpaired) electrons. The molecule has 1 fully saturated rings. The Balaban J connectivity index is 1.97. The molecule has 2 amide bonds. The number of rotatable bonds is 5. The zero-order valence-electron chi connectivity index (χ0n) is 13.6. The van der Waals surface area contributed by atoms with Crippen LogP contribution in [-0.2, 0) is 9.59 Å². The van der Waals surface area contributed by atoms with E-state index in [4.69, 9.17) is 11.6 Å². The van der Waals surface area contributed by atoms with E-state index < -0.39 is 0 Å². The number of halogens is 1. The van der Waals surface area contributed by atoms with Gasteiger partial charge in [-0.2, -0.15) is 0 Å². The van der Waals surface area contributed by atoms with Crippen LogP contribution in [0.15, 0.2) is 18.2 Å². The number of amides is 2. The topological polar surface area (TPSA) is 70.2 Å². The van der Waals surface area contributed by atoms with Crippen LogP contribution < -0.4 is 16.0 Å². The molecule has 5 nitrogen and oxygen atoms in total. The Labute approximate surface area is 142 Å².